The summed E-state index contributed by atoms with van der Waals surface area (Å²) in [6.45, 7) is 6.23. The molecule has 0 fully saturated rings. The highest BCUT2D eigenvalue weighted by Crippen LogP contribution is 2.25. The van der Waals surface area contributed by atoms with Crippen molar-refractivity contribution in [3.05, 3.63) is 64.6 Å². The summed E-state index contributed by atoms with van der Waals surface area (Å²) in [6, 6.07) is 14.8. The number of aromatic amines is 1. The largest absolute Gasteiger partial charge is 0.356 e. The molecule has 3 aromatic heterocycles. The number of nitrogens with zero attached hydrogens (tertiary/aromatic N) is 3. The molecular weight excluding hydrogens is 316 g/mol. The van der Waals surface area contributed by atoms with Gasteiger partial charge in [0.25, 0.3) is 5.56 Å². The molecule has 1 N–H and O–H groups in total. The zero-order chi connectivity index (χ0) is 17.6. The Hall–Kier alpha value is -3.15. The highest BCUT2D eigenvalue weighted by molar-refractivity contribution is 5.65. The Kier molecular flexibility index (Phi) is 3.35. The first-order valence-electron chi connectivity index (χ1n) is 8.08. The van der Waals surface area contributed by atoms with E-state index in [1.54, 1.807) is 6.07 Å². The Labute approximate surface area is 144 Å². The molecule has 4 aromatic rings. The average Bonchev–Trinajstić information content (AvgIpc) is 3.22. The van der Waals surface area contributed by atoms with E-state index in [2.05, 4.69) is 36.0 Å². The number of hydrogen-bond donors (Lipinski definition) is 1. The molecule has 0 atom stereocenters. The predicted octanol–water partition coefficient (Wildman–Crippen LogP) is 3.64. The van der Waals surface area contributed by atoms with Gasteiger partial charge >= 0.3 is 0 Å². The molecule has 0 aliphatic heterocycles. The molecule has 0 aliphatic carbocycles. The van der Waals surface area contributed by atoms with Gasteiger partial charge in [-0.05, 0) is 0 Å². The van der Waals surface area contributed by atoms with Gasteiger partial charge in [-0.2, -0.15) is 0 Å². The number of nitrogens with one attached hydrogen (secondary N) is 1. The molecule has 3 heterocycles. The van der Waals surface area contributed by atoms with Crippen LogP contribution in [0.5, 0.6) is 0 Å². The number of benzene rings is 1. The minimum Gasteiger partial charge on any atom is -0.356 e. The molecule has 0 radical (unpaired) electrons. The van der Waals surface area contributed by atoms with Crippen LogP contribution in [0.15, 0.2) is 57.8 Å². The van der Waals surface area contributed by atoms with Gasteiger partial charge in [-0.15, -0.1) is 0 Å². The van der Waals surface area contributed by atoms with E-state index in [1.165, 1.54) is 10.6 Å². The summed E-state index contributed by atoms with van der Waals surface area (Å²) >= 11 is 0. The Bertz CT molecular complexity index is 1100. The fraction of sp³-hybridized carbons (Fsp3) is 0.211. The first-order chi connectivity index (χ1) is 11.9. The zero-order valence-electron chi connectivity index (χ0n) is 14.3. The van der Waals surface area contributed by atoms with Crippen LogP contribution in [-0.4, -0.2) is 19.8 Å². The Morgan fingerprint density at radius 2 is 1.80 bits per heavy atom. The van der Waals surface area contributed by atoms with Crippen molar-refractivity contribution in [3.8, 4) is 22.7 Å². The summed E-state index contributed by atoms with van der Waals surface area (Å²) in [5.41, 5.74) is 3.19. The summed E-state index contributed by atoms with van der Waals surface area (Å²) in [5, 5.41) is 7.18. The maximum atomic E-state index is 12.4. The lowest BCUT2D eigenvalue weighted by Crippen LogP contribution is -2.17. The second-order valence-corrected chi connectivity index (χ2v) is 7.04. The van der Waals surface area contributed by atoms with Crippen molar-refractivity contribution >= 4 is 5.65 Å². The van der Waals surface area contributed by atoms with E-state index < -0.39 is 0 Å². The van der Waals surface area contributed by atoms with Gasteiger partial charge in [-0.3, -0.25) is 9.89 Å². The van der Waals surface area contributed by atoms with Crippen molar-refractivity contribution < 1.29 is 4.52 Å². The third-order valence-corrected chi connectivity index (χ3v) is 4.09. The van der Waals surface area contributed by atoms with Crippen molar-refractivity contribution in [1.29, 1.82) is 0 Å². The molecule has 0 unspecified atom stereocenters. The first kappa shape index (κ1) is 15.4. The molecule has 4 rings (SSSR count). The standard InChI is InChI=1S/C19H18N4O2/c1-19(2,3)16-11-17-20-13(10-18(24)23(17)21-16)14-9-15(25-22-14)12-7-5-4-6-8-12/h4-11,21H,1-3H3. The van der Waals surface area contributed by atoms with E-state index in [1.807, 2.05) is 36.4 Å². The number of H-pyrrole nitrogens is 1. The van der Waals surface area contributed by atoms with E-state index in [9.17, 15) is 4.79 Å². The minimum atomic E-state index is -0.181. The van der Waals surface area contributed by atoms with Crippen molar-refractivity contribution in [1.82, 2.24) is 19.8 Å². The van der Waals surface area contributed by atoms with Crippen LogP contribution in [0.1, 0.15) is 26.5 Å². The van der Waals surface area contributed by atoms with Crippen LogP contribution in [0.4, 0.5) is 0 Å². The molecule has 0 spiro atoms. The maximum absolute atomic E-state index is 12.4. The van der Waals surface area contributed by atoms with Crippen LogP contribution in [0.25, 0.3) is 28.4 Å². The fourth-order valence-electron chi connectivity index (χ4n) is 2.64. The van der Waals surface area contributed by atoms with Gasteiger partial charge in [0, 0.05) is 34.9 Å². The zero-order valence-corrected chi connectivity index (χ0v) is 14.3. The summed E-state index contributed by atoms with van der Waals surface area (Å²) in [6.07, 6.45) is 0. The number of hydrogen-bond acceptors (Lipinski definition) is 4. The van der Waals surface area contributed by atoms with E-state index >= 15 is 0 Å². The molecule has 0 saturated carbocycles. The smallest absolute Gasteiger partial charge is 0.273 e. The molecule has 1 aromatic carbocycles. The maximum Gasteiger partial charge on any atom is 0.273 e. The molecular formula is C19H18N4O2. The van der Waals surface area contributed by atoms with Gasteiger partial charge in [0.1, 0.15) is 11.4 Å². The lowest BCUT2D eigenvalue weighted by Gasteiger charge is -2.14. The second kappa shape index (κ2) is 5.44. The van der Waals surface area contributed by atoms with Crippen LogP contribution in [0.2, 0.25) is 0 Å². The summed E-state index contributed by atoms with van der Waals surface area (Å²) < 4.78 is 6.86. The molecule has 126 valence electrons. The third kappa shape index (κ3) is 2.76. The number of rotatable bonds is 2. The van der Waals surface area contributed by atoms with E-state index in [0.29, 0.717) is 22.8 Å². The lowest BCUT2D eigenvalue weighted by molar-refractivity contribution is 0.434. The van der Waals surface area contributed by atoms with Gasteiger partial charge in [0.2, 0.25) is 0 Å². The highest BCUT2D eigenvalue weighted by atomic mass is 16.5. The summed E-state index contributed by atoms with van der Waals surface area (Å²) in [7, 11) is 0. The van der Waals surface area contributed by atoms with Crippen molar-refractivity contribution in [3.63, 3.8) is 0 Å². The van der Waals surface area contributed by atoms with E-state index in [4.69, 9.17) is 4.52 Å². The Morgan fingerprint density at radius 1 is 1.04 bits per heavy atom. The normalized spacial score (nSPS) is 12.0. The van der Waals surface area contributed by atoms with Gasteiger partial charge in [0.15, 0.2) is 11.4 Å². The summed E-state index contributed by atoms with van der Waals surface area (Å²) in [5.74, 6) is 0.641. The molecule has 0 aliphatic rings. The predicted molar refractivity (Wildman–Crippen MR) is 95.4 cm³/mol. The minimum absolute atomic E-state index is 0.103. The van der Waals surface area contributed by atoms with Crippen LogP contribution in [0.3, 0.4) is 0 Å². The Morgan fingerprint density at radius 3 is 2.52 bits per heavy atom. The fourth-order valence-corrected chi connectivity index (χ4v) is 2.64. The SMILES string of the molecule is CC(C)(C)c1cc2nc(-c3cc(-c4ccccc4)on3)cc(=O)n2[nH]1. The monoisotopic (exact) mass is 334 g/mol. The van der Waals surface area contributed by atoms with Crippen LogP contribution < -0.4 is 5.56 Å². The molecule has 6 heteroatoms. The van der Waals surface area contributed by atoms with Crippen LogP contribution in [0, 0.1) is 0 Å². The lowest BCUT2D eigenvalue weighted by atomic mass is 9.93. The van der Waals surface area contributed by atoms with Gasteiger partial charge < -0.3 is 4.52 Å². The summed E-state index contributed by atoms with van der Waals surface area (Å²) in [4.78, 5) is 17.0. The van der Waals surface area contributed by atoms with E-state index in [0.717, 1.165) is 11.3 Å². The molecule has 0 bridgehead atoms. The first-order valence-corrected chi connectivity index (χ1v) is 8.08. The Balaban J connectivity index is 1.80. The van der Waals surface area contributed by atoms with Crippen molar-refractivity contribution in [2.24, 2.45) is 0 Å². The molecule has 25 heavy (non-hydrogen) atoms. The second-order valence-electron chi connectivity index (χ2n) is 7.04. The quantitative estimate of drug-likeness (QED) is 0.607. The molecule has 0 saturated heterocycles. The van der Waals surface area contributed by atoms with E-state index in [-0.39, 0.29) is 11.0 Å². The van der Waals surface area contributed by atoms with Gasteiger partial charge in [-0.1, -0.05) is 56.3 Å². The highest BCUT2D eigenvalue weighted by Gasteiger charge is 2.19. The third-order valence-electron chi connectivity index (χ3n) is 4.09. The number of fused-ring (bicyclic) bond motifs is 1. The average molecular weight is 334 g/mol. The molecule has 6 nitrogen and oxygen atoms in total. The van der Waals surface area contributed by atoms with Gasteiger partial charge in [-0.25, -0.2) is 9.50 Å². The van der Waals surface area contributed by atoms with Crippen LogP contribution in [-0.2, 0) is 5.41 Å². The molecule has 0 amide bonds. The number of aromatic nitrogens is 4. The van der Waals surface area contributed by atoms with Crippen LogP contribution >= 0.6 is 0 Å². The van der Waals surface area contributed by atoms with Crippen molar-refractivity contribution in [2.75, 3.05) is 0 Å². The van der Waals surface area contributed by atoms with Crippen molar-refractivity contribution in [2.45, 2.75) is 26.2 Å². The van der Waals surface area contributed by atoms with Gasteiger partial charge in [0.05, 0.1) is 0 Å². The topological polar surface area (TPSA) is 76.2 Å².